The Kier molecular flexibility index (Phi) is 6.68. The number of nitrogens with zero attached hydrogens (tertiary/aromatic N) is 3. The lowest BCUT2D eigenvalue weighted by atomic mass is 9.83. The zero-order chi connectivity index (χ0) is 21.6. The number of ether oxygens (including phenoxy) is 1. The normalized spacial score (nSPS) is 15.5. The standard InChI is InChI=1S/C23H26N4O3/c1-17-20(18(2)27(26-17)19-9-5-3-6-10-19)11-12-22(29)30-15-21(28)25-23(16-24)13-7-4-8-14-23/h3,5-6,9-12H,4,7-8,13-15H2,1-2H3,(H,25,28)/b12-11+. The highest BCUT2D eigenvalue weighted by Crippen LogP contribution is 2.27. The number of nitriles is 1. The molecule has 0 spiro atoms. The zero-order valence-corrected chi connectivity index (χ0v) is 17.4. The van der Waals surface area contributed by atoms with Crippen LogP contribution in [-0.4, -0.2) is 33.8 Å². The van der Waals surface area contributed by atoms with Gasteiger partial charge in [0.15, 0.2) is 6.61 Å². The minimum atomic E-state index is -0.835. The van der Waals surface area contributed by atoms with Gasteiger partial charge in [-0.2, -0.15) is 10.4 Å². The maximum Gasteiger partial charge on any atom is 0.331 e. The lowest BCUT2D eigenvalue weighted by Gasteiger charge is -2.31. The molecule has 1 aliphatic rings. The Hall–Kier alpha value is -3.40. The Morgan fingerprint density at radius 3 is 2.60 bits per heavy atom. The molecule has 3 rings (SSSR count). The van der Waals surface area contributed by atoms with Gasteiger partial charge in [0.1, 0.15) is 5.54 Å². The second-order valence-corrected chi connectivity index (χ2v) is 7.58. The highest BCUT2D eigenvalue weighted by Gasteiger charge is 2.33. The van der Waals surface area contributed by atoms with Crippen LogP contribution in [0.3, 0.4) is 0 Å². The number of hydrogen-bond donors (Lipinski definition) is 1. The van der Waals surface area contributed by atoms with Crippen molar-refractivity contribution in [3.8, 4) is 11.8 Å². The van der Waals surface area contributed by atoms with Gasteiger partial charge < -0.3 is 10.1 Å². The molecule has 0 radical (unpaired) electrons. The van der Waals surface area contributed by atoms with Crippen LogP contribution in [0.2, 0.25) is 0 Å². The molecule has 2 aromatic rings. The van der Waals surface area contributed by atoms with Crippen molar-refractivity contribution >= 4 is 18.0 Å². The molecule has 30 heavy (non-hydrogen) atoms. The number of aromatic nitrogens is 2. The molecule has 1 amide bonds. The summed E-state index contributed by atoms with van der Waals surface area (Å²) in [4.78, 5) is 24.2. The highest BCUT2D eigenvalue weighted by atomic mass is 16.5. The lowest BCUT2D eigenvalue weighted by molar-refractivity contribution is -0.144. The number of amides is 1. The van der Waals surface area contributed by atoms with Crippen LogP contribution in [0, 0.1) is 25.2 Å². The summed E-state index contributed by atoms with van der Waals surface area (Å²) >= 11 is 0. The molecule has 0 aliphatic heterocycles. The number of para-hydroxylation sites is 1. The van der Waals surface area contributed by atoms with Gasteiger partial charge in [-0.1, -0.05) is 37.5 Å². The van der Waals surface area contributed by atoms with Crippen molar-refractivity contribution in [2.75, 3.05) is 6.61 Å². The van der Waals surface area contributed by atoms with E-state index >= 15 is 0 Å². The molecular formula is C23H26N4O3. The van der Waals surface area contributed by atoms with Gasteiger partial charge in [-0.3, -0.25) is 4.79 Å². The van der Waals surface area contributed by atoms with Gasteiger partial charge in [-0.15, -0.1) is 0 Å². The van der Waals surface area contributed by atoms with Crippen LogP contribution in [0.5, 0.6) is 0 Å². The molecule has 1 fully saturated rings. The topological polar surface area (TPSA) is 97.0 Å². The Bertz CT molecular complexity index is 980. The molecule has 1 aromatic heterocycles. The van der Waals surface area contributed by atoms with E-state index in [0.717, 1.165) is 41.9 Å². The predicted octanol–water partition coefficient (Wildman–Crippen LogP) is 3.39. The van der Waals surface area contributed by atoms with Crippen LogP contribution in [0.4, 0.5) is 0 Å². The first-order valence-corrected chi connectivity index (χ1v) is 10.1. The van der Waals surface area contributed by atoms with Crippen molar-refractivity contribution in [1.82, 2.24) is 15.1 Å². The van der Waals surface area contributed by atoms with Gasteiger partial charge in [-0.25, -0.2) is 9.48 Å². The van der Waals surface area contributed by atoms with Crippen LogP contribution in [0.25, 0.3) is 11.8 Å². The predicted molar refractivity (Wildman–Crippen MR) is 113 cm³/mol. The number of rotatable bonds is 6. The Morgan fingerprint density at radius 1 is 1.23 bits per heavy atom. The molecule has 7 heteroatoms. The average molecular weight is 406 g/mol. The van der Waals surface area contributed by atoms with Crippen molar-refractivity contribution in [3.05, 3.63) is 53.4 Å². The highest BCUT2D eigenvalue weighted by molar-refractivity contribution is 5.89. The van der Waals surface area contributed by atoms with Gasteiger partial charge in [0.2, 0.25) is 0 Å². The quantitative estimate of drug-likeness (QED) is 0.586. The van der Waals surface area contributed by atoms with E-state index in [1.165, 1.54) is 6.08 Å². The van der Waals surface area contributed by atoms with Crippen molar-refractivity contribution in [2.45, 2.75) is 51.5 Å². The van der Waals surface area contributed by atoms with Crippen molar-refractivity contribution < 1.29 is 14.3 Å². The lowest BCUT2D eigenvalue weighted by Crippen LogP contribution is -2.49. The fourth-order valence-corrected chi connectivity index (χ4v) is 3.78. The van der Waals surface area contributed by atoms with E-state index in [1.54, 1.807) is 6.08 Å². The van der Waals surface area contributed by atoms with E-state index in [0.29, 0.717) is 12.8 Å². The Labute approximate surface area is 176 Å². The summed E-state index contributed by atoms with van der Waals surface area (Å²) in [6.07, 6.45) is 7.09. The first-order chi connectivity index (χ1) is 14.4. The maximum absolute atomic E-state index is 12.1. The number of hydrogen-bond acceptors (Lipinski definition) is 5. The zero-order valence-electron chi connectivity index (χ0n) is 17.4. The molecule has 1 heterocycles. The largest absolute Gasteiger partial charge is 0.452 e. The first-order valence-electron chi connectivity index (χ1n) is 10.1. The van der Waals surface area contributed by atoms with Crippen molar-refractivity contribution in [3.63, 3.8) is 0 Å². The van der Waals surface area contributed by atoms with Crippen LogP contribution >= 0.6 is 0 Å². The first kappa shape index (κ1) is 21.3. The second kappa shape index (κ2) is 9.40. The third-order valence-electron chi connectivity index (χ3n) is 5.38. The Balaban J connectivity index is 1.58. The van der Waals surface area contributed by atoms with E-state index in [1.807, 2.05) is 48.9 Å². The van der Waals surface area contributed by atoms with Crippen molar-refractivity contribution in [1.29, 1.82) is 5.26 Å². The number of esters is 1. The van der Waals surface area contributed by atoms with Crippen LogP contribution in [-0.2, 0) is 14.3 Å². The van der Waals surface area contributed by atoms with E-state index in [2.05, 4.69) is 16.5 Å². The third kappa shape index (κ3) is 4.95. The van der Waals surface area contributed by atoms with E-state index in [-0.39, 0.29) is 0 Å². The molecule has 0 bridgehead atoms. The fourth-order valence-electron chi connectivity index (χ4n) is 3.78. The van der Waals surface area contributed by atoms with E-state index in [9.17, 15) is 14.9 Å². The monoisotopic (exact) mass is 406 g/mol. The number of aryl methyl sites for hydroxylation is 1. The fraction of sp³-hybridized carbons (Fsp3) is 0.391. The smallest absolute Gasteiger partial charge is 0.331 e. The molecule has 156 valence electrons. The second-order valence-electron chi connectivity index (χ2n) is 7.58. The summed E-state index contributed by atoms with van der Waals surface area (Å²) < 4.78 is 6.87. The van der Waals surface area contributed by atoms with Gasteiger partial charge in [0.05, 0.1) is 17.5 Å². The SMILES string of the molecule is Cc1nn(-c2ccccc2)c(C)c1/C=C/C(=O)OCC(=O)NC1(C#N)CCCCC1. The van der Waals surface area contributed by atoms with Crippen LogP contribution in [0.1, 0.15) is 49.1 Å². The summed E-state index contributed by atoms with van der Waals surface area (Å²) in [6, 6.07) is 11.9. The summed E-state index contributed by atoms with van der Waals surface area (Å²) in [5, 5.41) is 16.7. The minimum Gasteiger partial charge on any atom is -0.452 e. The van der Waals surface area contributed by atoms with Gasteiger partial charge in [-0.05, 0) is 44.9 Å². The number of carbonyl (C=O) groups excluding carboxylic acids is 2. The summed E-state index contributed by atoms with van der Waals surface area (Å²) in [5.41, 5.74) is 2.61. The summed E-state index contributed by atoms with van der Waals surface area (Å²) in [7, 11) is 0. The number of carbonyl (C=O) groups is 2. The number of nitrogens with one attached hydrogen (secondary N) is 1. The van der Waals surface area contributed by atoms with Crippen LogP contribution in [0.15, 0.2) is 36.4 Å². The van der Waals surface area contributed by atoms with E-state index in [4.69, 9.17) is 4.74 Å². The maximum atomic E-state index is 12.1. The molecule has 0 unspecified atom stereocenters. The minimum absolute atomic E-state index is 0.409. The van der Waals surface area contributed by atoms with Gasteiger partial charge >= 0.3 is 5.97 Å². The van der Waals surface area contributed by atoms with E-state index < -0.39 is 24.0 Å². The average Bonchev–Trinajstić information content (AvgIpc) is 3.05. The summed E-state index contributed by atoms with van der Waals surface area (Å²) in [5.74, 6) is -1.07. The van der Waals surface area contributed by atoms with Gasteiger partial charge in [0, 0.05) is 17.3 Å². The van der Waals surface area contributed by atoms with Crippen molar-refractivity contribution in [2.24, 2.45) is 0 Å². The van der Waals surface area contributed by atoms with Crippen LogP contribution < -0.4 is 5.32 Å². The molecule has 7 nitrogen and oxygen atoms in total. The third-order valence-corrected chi connectivity index (χ3v) is 5.38. The molecular weight excluding hydrogens is 380 g/mol. The molecule has 1 aliphatic carbocycles. The molecule has 1 saturated carbocycles. The molecule has 1 N–H and O–H groups in total. The number of benzene rings is 1. The Morgan fingerprint density at radius 2 is 1.93 bits per heavy atom. The summed E-state index contributed by atoms with van der Waals surface area (Å²) in [6.45, 7) is 3.39. The molecule has 1 aromatic carbocycles. The van der Waals surface area contributed by atoms with Gasteiger partial charge in [0.25, 0.3) is 5.91 Å². The molecule has 0 saturated heterocycles. The molecule has 0 atom stereocenters.